The monoisotopic (exact) mass is 726 g/mol. The van der Waals surface area contributed by atoms with E-state index in [1.165, 1.54) is 44.8 Å². The molecule has 2 heterocycles. The van der Waals surface area contributed by atoms with Gasteiger partial charge in [-0.3, -0.25) is 4.55 Å². The van der Waals surface area contributed by atoms with Gasteiger partial charge < -0.3 is 41.9 Å². The number of benzene rings is 2. The van der Waals surface area contributed by atoms with Gasteiger partial charge in [0.15, 0.2) is 23.1 Å². The Morgan fingerprint density at radius 3 is 1.33 bits per heavy atom. The van der Waals surface area contributed by atoms with Crippen LogP contribution < -0.4 is 41.9 Å². The Hall–Kier alpha value is -4.85. The summed E-state index contributed by atoms with van der Waals surface area (Å²) in [5.74, 6) is 0.829. The summed E-state index contributed by atoms with van der Waals surface area (Å²) in [5, 5.41) is 0. The molecule has 0 aliphatic heterocycles. The van der Waals surface area contributed by atoms with Gasteiger partial charge in [-0.05, 0) is 24.0 Å². The summed E-state index contributed by atoms with van der Waals surface area (Å²) < 4.78 is 77.6. The Balaban J connectivity index is 0.000000260. The van der Waals surface area contributed by atoms with Crippen molar-refractivity contribution in [1.29, 1.82) is 0 Å². The van der Waals surface area contributed by atoms with Gasteiger partial charge in [-0.25, -0.2) is 18.4 Å². The minimum atomic E-state index is -4.51. The van der Waals surface area contributed by atoms with Crippen molar-refractivity contribution in [2.24, 2.45) is 0 Å². The molecule has 260 valence electrons. The lowest BCUT2D eigenvalue weighted by Gasteiger charge is -2.17. The minimum absolute atomic E-state index is 0.00132. The fourth-order valence-electron chi connectivity index (χ4n) is 4.10. The molecule has 0 fully saturated rings. The molecule has 2 aromatic carbocycles. The Bertz CT molecular complexity index is 1890. The summed E-state index contributed by atoms with van der Waals surface area (Å²) in [5.41, 5.74) is 23.7. The third-order valence-electron chi connectivity index (χ3n) is 6.42. The summed E-state index contributed by atoms with van der Waals surface area (Å²) in [6.45, 7) is 7.61. The molecule has 48 heavy (non-hydrogen) atoms. The van der Waals surface area contributed by atoms with E-state index in [4.69, 9.17) is 52.6 Å². The number of aromatic nitrogens is 4. The van der Waals surface area contributed by atoms with Crippen LogP contribution in [0.1, 0.15) is 50.7 Å². The highest BCUT2D eigenvalue weighted by molar-refractivity contribution is 8.13. The molecule has 0 amide bonds. The molecule has 0 bridgehead atoms. The quantitative estimate of drug-likeness (QED) is 0.112. The zero-order chi connectivity index (χ0) is 36.1. The highest BCUT2D eigenvalue weighted by Gasteiger charge is 2.24. The van der Waals surface area contributed by atoms with Gasteiger partial charge in [0.05, 0.1) is 26.6 Å². The van der Waals surface area contributed by atoms with E-state index < -0.39 is 24.1 Å². The predicted molar refractivity (Wildman–Crippen MR) is 179 cm³/mol. The molecule has 4 rings (SSSR count). The average Bonchev–Trinajstić information content (AvgIpc) is 2.98. The molecule has 0 saturated carbocycles. The molecular formula is C28H35ClN8O9S2. The summed E-state index contributed by atoms with van der Waals surface area (Å²) in [6.07, 6.45) is 2.58. The minimum Gasteiger partial charge on any atom is -0.495 e. The average molecular weight is 727 g/mol. The van der Waals surface area contributed by atoms with E-state index in [9.17, 15) is 21.4 Å². The van der Waals surface area contributed by atoms with Crippen molar-refractivity contribution >= 4 is 53.4 Å². The second kappa shape index (κ2) is 14.9. The third kappa shape index (κ3) is 9.15. The van der Waals surface area contributed by atoms with Gasteiger partial charge in [-0.2, -0.15) is 18.4 Å². The lowest BCUT2D eigenvalue weighted by Crippen LogP contribution is -2.06. The van der Waals surface area contributed by atoms with Crippen molar-refractivity contribution in [3.63, 3.8) is 0 Å². The molecule has 0 radical (unpaired) electrons. The first-order valence-corrected chi connectivity index (χ1v) is 17.5. The van der Waals surface area contributed by atoms with Crippen molar-refractivity contribution in [2.75, 3.05) is 37.2 Å². The topological polar surface area (TPSA) is 281 Å². The number of halogens is 1. The number of hydrogen-bond acceptors (Lipinski definition) is 16. The number of methoxy groups -OCH3 is 2. The molecular weight excluding hydrogens is 692 g/mol. The molecule has 17 nitrogen and oxygen atoms in total. The smallest absolute Gasteiger partial charge is 0.298 e. The van der Waals surface area contributed by atoms with Crippen LogP contribution in [0.25, 0.3) is 0 Å². The van der Waals surface area contributed by atoms with Gasteiger partial charge in [-0.1, -0.05) is 27.7 Å². The zero-order valence-corrected chi connectivity index (χ0v) is 29.0. The molecule has 20 heteroatoms. The van der Waals surface area contributed by atoms with Crippen LogP contribution in [0.15, 0.2) is 46.5 Å². The maximum absolute atomic E-state index is 11.8. The highest BCUT2D eigenvalue weighted by atomic mass is 35.7. The summed E-state index contributed by atoms with van der Waals surface area (Å²) >= 11 is 0. The molecule has 0 atom stereocenters. The van der Waals surface area contributed by atoms with Gasteiger partial charge in [0.1, 0.15) is 32.8 Å². The number of hydrogen-bond donors (Lipinski definition) is 5. The van der Waals surface area contributed by atoms with E-state index in [0.29, 0.717) is 11.1 Å². The van der Waals surface area contributed by atoms with Crippen LogP contribution in [0.5, 0.6) is 34.5 Å². The maximum atomic E-state index is 11.8. The second-order valence-electron chi connectivity index (χ2n) is 10.5. The van der Waals surface area contributed by atoms with Gasteiger partial charge in [-0.15, -0.1) is 0 Å². The van der Waals surface area contributed by atoms with E-state index in [2.05, 4.69) is 19.9 Å². The number of ether oxygens (including phenoxy) is 4. The van der Waals surface area contributed by atoms with Crippen LogP contribution in [-0.4, -0.2) is 55.5 Å². The second-order valence-corrected chi connectivity index (χ2v) is 14.4. The van der Waals surface area contributed by atoms with Crippen LogP contribution in [0.4, 0.5) is 23.5 Å². The van der Waals surface area contributed by atoms with Crippen LogP contribution in [0.3, 0.4) is 0 Å². The fraction of sp³-hybridized carbons (Fsp3) is 0.286. The molecule has 0 saturated heterocycles. The number of rotatable bonds is 10. The van der Waals surface area contributed by atoms with Gasteiger partial charge in [0.25, 0.3) is 19.2 Å². The molecule has 0 spiro atoms. The number of nitrogens with two attached hydrogens (primary N) is 4. The molecule has 0 unspecified atom stereocenters. The standard InChI is InChI=1S/C14H17ClN4O4S.C14H18N4O5S/c1-7(2)8-4-10(22-3)12(24(15,20)21)5-9(8)23-11-6-18-14(17)19-13(11)16;1-7(2)8-4-10(22-3)12(24(19,20)21)5-9(8)23-11-6-17-14(16)18-13(11)15/h4-7H,1-3H3,(H4,16,17,18,19);4-7H,1-3H3,(H,19,20,21)(H4,15,16,17,18). The van der Waals surface area contributed by atoms with E-state index in [-0.39, 0.29) is 74.8 Å². The fourth-order valence-corrected chi connectivity index (χ4v) is 5.74. The normalized spacial score (nSPS) is 11.5. The van der Waals surface area contributed by atoms with Gasteiger partial charge in [0, 0.05) is 33.9 Å². The zero-order valence-electron chi connectivity index (χ0n) is 26.6. The SMILES string of the molecule is COc1cc(C(C)C)c(Oc2cnc(N)nc2N)cc1S(=O)(=O)Cl.COc1cc(C(C)C)c(Oc2cnc(N)nc2N)cc1S(=O)(=O)O. The number of nitrogen functional groups attached to an aromatic ring is 4. The maximum Gasteiger partial charge on any atom is 0.298 e. The van der Waals surface area contributed by atoms with Crippen molar-refractivity contribution in [2.45, 2.75) is 49.3 Å². The first-order valence-electron chi connectivity index (χ1n) is 13.7. The van der Waals surface area contributed by atoms with Crippen molar-refractivity contribution in [1.82, 2.24) is 19.9 Å². The summed E-state index contributed by atoms with van der Waals surface area (Å²) in [7, 11) is -0.405. The first kappa shape index (κ1) is 37.6. The molecule has 0 aliphatic rings. The van der Waals surface area contributed by atoms with Crippen molar-refractivity contribution in [3.05, 3.63) is 47.8 Å². The van der Waals surface area contributed by atoms with Crippen LogP contribution >= 0.6 is 10.7 Å². The van der Waals surface area contributed by atoms with Crippen molar-refractivity contribution < 1.29 is 40.3 Å². The van der Waals surface area contributed by atoms with Crippen molar-refractivity contribution in [3.8, 4) is 34.5 Å². The van der Waals surface area contributed by atoms with E-state index in [1.807, 2.05) is 27.7 Å². The lowest BCUT2D eigenvalue weighted by atomic mass is 10.0. The Kier molecular flexibility index (Phi) is 11.7. The third-order valence-corrected chi connectivity index (χ3v) is 8.64. The largest absolute Gasteiger partial charge is 0.495 e. The number of nitrogens with zero attached hydrogens (tertiary/aromatic N) is 4. The molecule has 0 aliphatic carbocycles. The number of anilines is 4. The van der Waals surface area contributed by atoms with Crippen LogP contribution in [0, 0.1) is 0 Å². The Labute approximate surface area is 281 Å². The van der Waals surface area contributed by atoms with Gasteiger partial charge >= 0.3 is 0 Å². The highest BCUT2D eigenvalue weighted by Crippen LogP contribution is 2.41. The Morgan fingerprint density at radius 1 is 0.646 bits per heavy atom. The van der Waals surface area contributed by atoms with E-state index in [1.54, 1.807) is 6.07 Å². The van der Waals surface area contributed by atoms with Crippen LogP contribution in [0.2, 0.25) is 0 Å². The Morgan fingerprint density at radius 2 is 1.02 bits per heavy atom. The molecule has 4 aromatic rings. The lowest BCUT2D eigenvalue weighted by molar-refractivity contribution is 0.392. The summed E-state index contributed by atoms with van der Waals surface area (Å²) in [4.78, 5) is 14.5. The molecule has 9 N–H and O–H groups in total. The summed E-state index contributed by atoms with van der Waals surface area (Å²) in [6, 6.07) is 5.49. The van der Waals surface area contributed by atoms with E-state index in [0.717, 1.165) is 0 Å². The first-order chi connectivity index (χ1) is 22.3. The molecule has 2 aromatic heterocycles. The van der Waals surface area contributed by atoms with Crippen LogP contribution in [-0.2, 0) is 19.2 Å². The van der Waals surface area contributed by atoms with Gasteiger partial charge in [0.2, 0.25) is 11.9 Å². The van der Waals surface area contributed by atoms with E-state index >= 15 is 0 Å². The predicted octanol–water partition coefficient (Wildman–Crippen LogP) is 4.30.